The number of aromatic nitrogens is 3. The van der Waals surface area contributed by atoms with Crippen LogP contribution in [-0.2, 0) is 0 Å². The summed E-state index contributed by atoms with van der Waals surface area (Å²) in [6, 6.07) is 7.49. The molecule has 0 spiro atoms. The molecule has 1 aromatic carbocycles. The normalized spacial score (nSPS) is 10.5. The van der Waals surface area contributed by atoms with Crippen molar-refractivity contribution in [2.75, 3.05) is 5.75 Å². The molecule has 6 heteroatoms. The Morgan fingerprint density at radius 3 is 3.00 bits per heavy atom. The fourth-order valence-corrected chi connectivity index (χ4v) is 2.30. The largest absolute Gasteiger partial charge is 0.277 e. The maximum atomic E-state index is 5.95. The summed E-state index contributed by atoms with van der Waals surface area (Å²) in [5.41, 5.74) is 0.921. The van der Waals surface area contributed by atoms with Crippen LogP contribution in [0.3, 0.4) is 0 Å². The van der Waals surface area contributed by atoms with Crippen LogP contribution in [0.15, 0.2) is 47.4 Å². The lowest BCUT2D eigenvalue weighted by Gasteiger charge is -2.05. The second kappa shape index (κ2) is 5.58. The third-order valence-electron chi connectivity index (χ3n) is 1.96. The van der Waals surface area contributed by atoms with Crippen LogP contribution >= 0.6 is 35.0 Å². The molecule has 88 valence electrons. The lowest BCUT2D eigenvalue weighted by molar-refractivity contribution is 0.885. The van der Waals surface area contributed by atoms with Gasteiger partial charge >= 0.3 is 0 Å². The molecule has 0 saturated carbocycles. The minimum atomic E-state index is 0.579. The Balaban J connectivity index is 2.27. The van der Waals surface area contributed by atoms with Crippen LogP contribution < -0.4 is 0 Å². The van der Waals surface area contributed by atoms with E-state index in [1.54, 1.807) is 6.33 Å². The maximum absolute atomic E-state index is 5.95. The molecule has 2 aromatic rings. The van der Waals surface area contributed by atoms with Crippen LogP contribution in [0.4, 0.5) is 0 Å². The van der Waals surface area contributed by atoms with Gasteiger partial charge in [0.25, 0.3) is 0 Å². The first-order chi connectivity index (χ1) is 8.16. The quantitative estimate of drug-likeness (QED) is 0.802. The number of thioether (sulfide) groups is 1. The zero-order valence-corrected chi connectivity index (χ0v) is 11.1. The van der Waals surface area contributed by atoms with Crippen LogP contribution in [0.1, 0.15) is 0 Å². The van der Waals surface area contributed by atoms with Crippen molar-refractivity contribution >= 4 is 35.0 Å². The summed E-state index contributed by atoms with van der Waals surface area (Å²) in [6.45, 7) is 3.64. The van der Waals surface area contributed by atoms with Crippen molar-refractivity contribution in [2.45, 2.75) is 5.16 Å². The molecule has 0 saturated heterocycles. The zero-order valence-electron chi connectivity index (χ0n) is 8.81. The van der Waals surface area contributed by atoms with Gasteiger partial charge < -0.3 is 0 Å². The zero-order chi connectivity index (χ0) is 12.3. The van der Waals surface area contributed by atoms with Crippen LogP contribution in [-0.4, -0.2) is 20.5 Å². The van der Waals surface area contributed by atoms with E-state index >= 15 is 0 Å². The predicted octanol–water partition coefficient (Wildman–Crippen LogP) is 3.77. The van der Waals surface area contributed by atoms with Gasteiger partial charge in [0.1, 0.15) is 6.33 Å². The van der Waals surface area contributed by atoms with Gasteiger partial charge in [0.2, 0.25) is 0 Å². The summed E-state index contributed by atoms with van der Waals surface area (Å²) < 4.78 is 1.86. The summed E-state index contributed by atoms with van der Waals surface area (Å²) in [7, 11) is 0. The van der Waals surface area contributed by atoms with Gasteiger partial charge in [-0.2, -0.15) is 0 Å². The van der Waals surface area contributed by atoms with E-state index in [2.05, 4.69) is 16.8 Å². The van der Waals surface area contributed by atoms with Gasteiger partial charge in [0, 0.05) is 15.8 Å². The van der Waals surface area contributed by atoms with Crippen LogP contribution in [0.25, 0.3) is 5.69 Å². The molecule has 0 aliphatic heterocycles. The van der Waals surface area contributed by atoms with Gasteiger partial charge in [-0.05, 0) is 18.2 Å². The molecule has 0 radical (unpaired) electrons. The van der Waals surface area contributed by atoms with Gasteiger partial charge in [-0.15, -0.1) is 10.2 Å². The topological polar surface area (TPSA) is 30.7 Å². The number of benzene rings is 1. The Hall–Kier alpha value is -0.970. The standard InChI is InChI=1S/C11H9Cl2N3S/c1-8(12)6-17-11-15-14-7-16(11)10-4-2-3-9(13)5-10/h2-5,7H,1,6H2. The smallest absolute Gasteiger partial charge is 0.195 e. The Bertz CT molecular complexity index is 539. The van der Waals surface area contributed by atoms with Crippen molar-refractivity contribution in [3.05, 3.63) is 47.2 Å². The monoisotopic (exact) mass is 285 g/mol. The second-order valence-electron chi connectivity index (χ2n) is 3.27. The van der Waals surface area contributed by atoms with E-state index < -0.39 is 0 Å². The van der Waals surface area contributed by atoms with E-state index in [9.17, 15) is 0 Å². The number of rotatable bonds is 4. The highest BCUT2D eigenvalue weighted by Gasteiger charge is 2.07. The van der Waals surface area contributed by atoms with E-state index in [-0.39, 0.29) is 0 Å². The maximum Gasteiger partial charge on any atom is 0.195 e. The van der Waals surface area contributed by atoms with Crippen molar-refractivity contribution in [3.63, 3.8) is 0 Å². The van der Waals surface area contributed by atoms with Gasteiger partial charge in [0.05, 0.1) is 5.69 Å². The highest BCUT2D eigenvalue weighted by molar-refractivity contribution is 7.99. The Kier molecular flexibility index (Phi) is 4.10. The van der Waals surface area contributed by atoms with Crippen molar-refractivity contribution in [2.24, 2.45) is 0 Å². The fraction of sp³-hybridized carbons (Fsp3) is 0.0909. The highest BCUT2D eigenvalue weighted by Crippen LogP contribution is 2.23. The van der Waals surface area contributed by atoms with Crippen molar-refractivity contribution in [1.29, 1.82) is 0 Å². The minimum Gasteiger partial charge on any atom is -0.277 e. The molecule has 17 heavy (non-hydrogen) atoms. The molecule has 0 atom stereocenters. The predicted molar refractivity (Wildman–Crippen MR) is 72.1 cm³/mol. The summed E-state index contributed by atoms with van der Waals surface area (Å²) >= 11 is 13.1. The lowest BCUT2D eigenvalue weighted by atomic mass is 10.3. The Morgan fingerprint density at radius 2 is 2.29 bits per heavy atom. The molecule has 2 rings (SSSR count). The third-order valence-corrected chi connectivity index (χ3v) is 3.52. The lowest BCUT2D eigenvalue weighted by Crippen LogP contribution is -1.95. The average Bonchev–Trinajstić information content (AvgIpc) is 2.74. The number of halogens is 2. The molecule has 0 unspecified atom stereocenters. The molecular formula is C11H9Cl2N3S. The first-order valence-corrected chi connectivity index (χ1v) is 6.53. The van der Waals surface area contributed by atoms with Crippen LogP contribution in [0.2, 0.25) is 5.02 Å². The van der Waals surface area contributed by atoms with Gasteiger partial charge in [-0.3, -0.25) is 4.57 Å². The molecule has 1 heterocycles. The summed E-state index contributed by atoms with van der Waals surface area (Å²) in [6.07, 6.45) is 1.64. The molecular weight excluding hydrogens is 277 g/mol. The molecule has 0 bridgehead atoms. The molecule has 1 aromatic heterocycles. The summed E-state index contributed by atoms with van der Waals surface area (Å²) in [5, 5.41) is 9.92. The number of nitrogens with zero attached hydrogens (tertiary/aromatic N) is 3. The molecule has 0 aliphatic rings. The van der Waals surface area contributed by atoms with Crippen molar-refractivity contribution < 1.29 is 0 Å². The van der Waals surface area contributed by atoms with Crippen LogP contribution in [0, 0.1) is 0 Å². The second-order valence-corrected chi connectivity index (χ2v) is 5.18. The average molecular weight is 286 g/mol. The van der Waals surface area contributed by atoms with E-state index in [0.717, 1.165) is 10.8 Å². The molecule has 0 amide bonds. The number of hydrogen-bond donors (Lipinski definition) is 0. The first-order valence-electron chi connectivity index (χ1n) is 4.79. The van der Waals surface area contributed by atoms with Crippen LogP contribution in [0.5, 0.6) is 0 Å². The minimum absolute atomic E-state index is 0.579. The first kappa shape index (κ1) is 12.5. The third kappa shape index (κ3) is 3.25. The van der Waals surface area contributed by atoms with Gasteiger partial charge in [-0.1, -0.05) is 47.6 Å². The summed E-state index contributed by atoms with van der Waals surface area (Å²) in [4.78, 5) is 0. The SMILES string of the molecule is C=C(Cl)CSc1nncn1-c1cccc(Cl)c1. The highest BCUT2D eigenvalue weighted by atomic mass is 35.5. The van der Waals surface area contributed by atoms with E-state index in [4.69, 9.17) is 23.2 Å². The fourth-order valence-electron chi connectivity index (χ4n) is 1.27. The molecule has 0 aliphatic carbocycles. The van der Waals surface area contributed by atoms with Gasteiger partial charge in [0.15, 0.2) is 5.16 Å². The Labute approximate surface area is 113 Å². The number of hydrogen-bond acceptors (Lipinski definition) is 3. The molecule has 3 nitrogen and oxygen atoms in total. The molecule has 0 fully saturated rings. The summed E-state index contributed by atoms with van der Waals surface area (Å²) in [5.74, 6) is 0.598. The van der Waals surface area contributed by atoms with Gasteiger partial charge in [-0.25, -0.2) is 0 Å². The Morgan fingerprint density at radius 1 is 1.47 bits per heavy atom. The van der Waals surface area contributed by atoms with E-state index in [1.165, 1.54) is 11.8 Å². The van der Waals surface area contributed by atoms with E-state index in [0.29, 0.717) is 15.8 Å². The van der Waals surface area contributed by atoms with Crippen molar-refractivity contribution in [3.8, 4) is 5.69 Å². The molecule has 0 N–H and O–H groups in total. The van der Waals surface area contributed by atoms with Crippen molar-refractivity contribution in [1.82, 2.24) is 14.8 Å². The van der Waals surface area contributed by atoms with E-state index in [1.807, 2.05) is 28.8 Å².